The average molecular weight is 294 g/mol. The molecule has 21 heavy (non-hydrogen) atoms. The van der Waals surface area contributed by atoms with Crippen molar-refractivity contribution in [1.29, 1.82) is 0 Å². The average Bonchev–Trinajstić information content (AvgIpc) is 2.99. The van der Waals surface area contributed by atoms with Gasteiger partial charge in [0.25, 0.3) is 0 Å². The van der Waals surface area contributed by atoms with Gasteiger partial charge in [0.2, 0.25) is 5.91 Å². The van der Waals surface area contributed by atoms with Gasteiger partial charge in [-0.2, -0.15) is 0 Å². The lowest BCUT2D eigenvalue weighted by molar-refractivity contribution is 0.0914. The summed E-state index contributed by atoms with van der Waals surface area (Å²) < 4.78 is 1.76. The van der Waals surface area contributed by atoms with E-state index in [1.807, 2.05) is 24.3 Å². The first-order valence-corrected chi connectivity index (χ1v) is 7.84. The molecule has 1 aliphatic rings. The second-order valence-corrected chi connectivity index (χ2v) is 6.52. The number of nitrogens with zero attached hydrogens (tertiary/aromatic N) is 2. The summed E-state index contributed by atoms with van der Waals surface area (Å²) in [5.41, 5.74) is 4.24. The number of thioether (sulfide) groups is 1. The predicted molar refractivity (Wildman–Crippen MR) is 84.9 cm³/mol. The van der Waals surface area contributed by atoms with Gasteiger partial charge in [-0.15, -0.1) is 0 Å². The summed E-state index contributed by atoms with van der Waals surface area (Å²) in [6.07, 6.45) is 0.751. The lowest BCUT2D eigenvalue weighted by Gasteiger charge is -2.07. The third-order valence-electron chi connectivity index (χ3n) is 3.82. The minimum atomic E-state index is -0.0696. The normalized spacial score (nSPS) is 17.4. The van der Waals surface area contributed by atoms with Crippen molar-refractivity contribution >= 4 is 28.7 Å². The monoisotopic (exact) mass is 294 g/mol. The zero-order valence-electron chi connectivity index (χ0n) is 11.6. The first-order valence-electron chi connectivity index (χ1n) is 6.96. The van der Waals surface area contributed by atoms with Gasteiger partial charge in [-0.25, -0.2) is 4.98 Å². The number of benzene rings is 2. The van der Waals surface area contributed by atoms with Crippen molar-refractivity contribution in [3.8, 4) is 0 Å². The fourth-order valence-corrected chi connectivity index (χ4v) is 3.87. The fraction of sp³-hybridized carbons (Fsp3) is 0.176. The number of para-hydroxylation sites is 2. The Kier molecular flexibility index (Phi) is 2.86. The number of fused-ring (bicyclic) bond motifs is 3. The summed E-state index contributed by atoms with van der Waals surface area (Å²) in [5.74, 6) is 0.143. The maximum Gasteiger partial charge on any atom is 0.247 e. The van der Waals surface area contributed by atoms with Gasteiger partial charge >= 0.3 is 0 Å². The Morgan fingerprint density at radius 2 is 1.90 bits per heavy atom. The number of carbonyl (C=O) groups excluding carboxylic acids is 1. The third-order valence-corrected chi connectivity index (χ3v) is 4.95. The molecule has 104 valence electrons. The molecule has 1 aliphatic heterocycles. The molecule has 0 aliphatic carbocycles. The zero-order valence-corrected chi connectivity index (χ0v) is 12.4. The van der Waals surface area contributed by atoms with Crippen LogP contribution >= 0.6 is 11.8 Å². The summed E-state index contributed by atoms with van der Waals surface area (Å²) in [5, 5.41) is 0.748. The molecule has 2 heterocycles. The van der Waals surface area contributed by atoms with Crippen LogP contribution in [0.5, 0.6) is 0 Å². The smallest absolute Gasteiger partial charge is 0.247 e. The topological polar surface area (TPSA) is 34.9 Å². The van der Waals surface area contributed by atoms with E-state index in [0.717, 1.165) is 22.6 Å². The third kappa shape index (κ3) is 2.07. The molecule has 0 spiro atoms. The molecule has 0 amide bonds. The molecule has 0 radical (unpaired) electrons. The van der Waals surface area contributed by atoms with Gasteiger partial charge in [0.05, 0.1) is 16.3 Å². The summed E-state index contributed by atoms with van der Waals surface area (Å²) in [6, 6.07) is 16.2. The zero-order chi connectivity index (χ0) is 14.4. The van der Waals surface area contributed by atoms with Gasteiger partial charge in [-0.1, -0.05) is 53.7 Å². The van der Waals surface area contributed by atoms with Crippen molar-refractivity contribution in [2.45, 2.75) is 23.8 Å². The van der Waals surface area contributed by atoms with Crippen LogP contribution in [0.4, 0.5) is 0 Å². The molecular formula is C17H14N2OS. The number of aryl methyl sites for hydroxylation is 1. The lowest BCUT2D eigenvalue weighted by Crippen LogP contribution is -2.19. The van der Waals surface area contributed by atoms with E-state index in [0.29, 0.717) is 0 Å². The van der Waals surface area contributed by atoms with E-state index in [1.165, 1.54) is 11.1 Å². The van der Waals surface area contributed by atoms with Crippen LogP contribution in [0.15, 0.2) is 53.7 Å². The number of hydrogen-bond donors (Lipinski definition) is 0. The molecule has 4 heteroatoms. The summed E-state index contributed by atoms with van der Waals surface area (Å²) >= 11 is 1.57. The van der Waals surface area contributed by atoms with Crippen LogP contribution in [-0.4, -0.2) is 20.7 Å². The highest BCUT2D eigenvalue weighted by Gasteiger charge is 2.34. The van der Waals surface area contributed by atoms with Gasteiger partial charge < -0.3 is 0 Å². The van der Waals surface area contributed by atoms with E-state index in [1.54, 1.807) is 16.3 Å². The molecule has 1 atom stereocenters. The Balaban J connectivity index is 1.65. The number of rotatable bonds is 2. The molecule has 0 fully saturated rings. The molecule has 3 nitrogen and oxygen atoms in total. The van der Waals surface area contributed by atoms with E-state index in [4.69, 9.17) is 0 Å². The molecule has 0 saturated heterocycles. The van der Waals surface area contributed by atoms with E-state index < -0.39 is 0 Å². The van der Waals surface area contributed by atoms with Crippen molar-refractivity contribution in [2.75, 3.05) is 0 Å². The van der Waals surface area contributed by atoms with Crippen LogP contribution in [0.1, 0.15) is 15.9 Å². The van der Waals surface area contributed by atoms with Crippen LogP contribution < -0.4 is 0 Å². The second-order valence-electron chi connectivity index (χ2n) is 5.35. The van der Waals surface area contributed by atoms with Gasteiger partial charge in [0.15, 0.2) is 5.16 Å². The van der Waals surface area contributed by atoms with Crippen LogP contribution in [0.25, 0.3) is 11.0 Å². The molecule has 0 N–H and O–H groups in total. The lowest BCUT2D eigenvalue weighted by atomic mass is 10.1. The molecule has 0 unspecified atom stereocenters. The van der Waals surface area contributed by atoms with E-state index >= 15 is 0 Å². The number of hydrogen-bond acceptors (Lipinski definition) is 3. The van der Waals surface area contributed by atoms with Gasteiger partial charge in [-0.05, 0) is 31.0 Å². The number of carbonyl (C=O) groups is 1. The van der Waals surface area contributed by atoms with Crippen molar-refractivity contribution in [2.24, 2.45) is 0 Å². The van der Waals surface area contributed by atoms with Crippen LogP contribution in [-0.2, 0) is 6.42 Å². The highest BCUT2D eigenvalue weighted by atomic mass is 32.2. The van der Waals surface area contributed by atoms with E-state index in [9.17, 15) is 4.79 Å². The maximum atomic E-state index is 12.6. The Labute approximate surface area is 127 Å². The Bertz CT molecular complexity index is 836. The highest BCUT2D eigenvalue weighted by molar-refractivity contribution is 8.00. The molecule has 0 bridgehead atoms. The molecular weight excluding hydrogens is 280 g/mol. The first-order chi connectivity index (χ1) is 10.2. The molecule has 2 aromatic carbocycles. The van der Waals surface area contributed by atoms with Crippen LogP contribution in [0, 0.1) is 6.92 Å². The molecule has 4 rings (SSSR count). The Hall–Kier alpha value is -2.07. The Morgan fingerprint density at radius 3 is 2.71 bits per heavy atom. The van der Waals surface area contributed by atoms with Crippen LogP contribution in [0.3, 0.4) is 0 Å². The molecule has 1 aromatic heterocycles. The van der Waals surface area contributed by atoms with E-state index in [-0.39, 0.29) is 11.2 Å². The standard InChI is InChI=1S/C17H14N2OS/c1-11-6-8-12(9-7-11)10-15-16(20)19-14-5-3-2-4-13(14)18-17(19)21-15/h2-9,15H,10H2,1H3/t15-/m0/s1. The minimum Gasteiger partial charge on any atom is -0.273 e. The number of aromatic nitrogens is 2. The van der Waals surface area contributed by atoms with Crippen LogP contribution in [0.2, 0.25) is 0 Å². The summed E-state index contributed by atoms with van der Waals surface area (Å²) in [7, 11) is 0. The first kappa shape index (κ1) is 12.7. The Morgan fingerprint density at radius 1 is 1.14 bits per heavy atom. The van der Waals surface area contributed by atoms with Crippen molar-refractivity contribution < 1.29 is 4.79 Å². The van der Waals surface area contributed by atoms with E-state index in [2.05, 4.69) is 36.2 Å². The minimum absolute atomic E-state index is 0.0696. The largest absolute Gasteiger partial charge is 0.273 e. The summed E-state index contributed by atoms with van der Waals surface area (Å²) in [4.78, 5) is 17.2. The predicted octanol–water partition coefficient (Wildman–Crippen LogP) is 3.70. The fourth-order valence-electron chi connectivity index (χ4n) is 2.68. The van der Waals surface area contributed by atoms with Gasteiger partial charge in [-0.3, -0.25) is 9.36 Å². The van der Waals surface area contributed by atoms with Crippen molar-refractivity contribution in [1.82, 2.24) is 9.55 Å². The maximum absolute atomic E-state index is 12.6. The second kappa shape index (κ2) is 4.74. The highest BCUT2D eigenvalue weighted by Crippen LogP contribution is 2.36. The quantitative estimate of drug-likeness (QED) is 0.723. The molecule has 0 saturated carbocycles. The molecule has 3 aromatic rings. The number of imidazole rings is 1. The van der Waals surface area contributed by atoms with Gasteiger partial charge in [0, 0.05) is 0 Å². The van der Waals surface area contributed by atoms with Crippen molar-refractivity contribution in [3.63, 3.8) is 0 Å². The SMILES string of the molecule is Cc1ccc(C[C@@H]2Sc3nc4ccccc4n3C2=O)cc1. The summed E-state index contributed by atoms with van der Waals surface area (Å²) in [6.45, 7) is 2.07. The van der Waals surface area contributed by atoms with Crippen molar-refractivity contribution in [3.05, 3.63) is 59.7 Å². The van der Waals surface area contributed by atoms with Gasteiger partial charge in [0.1, 0.15) is 0 Å².